The van der Waals surface area contributed by atoms with Gasteiger partial charge < -0.3 is 14.6 Å². The Morgan fingerprint density at radius 2 is 2.22 bits per heavy atom. The third kappa shape index (κ3) is 3.57. The highest BCUT2D eigenvalue weighted by atomic mass is 79.9. The number of benzene rings is 1. The predicted molar refractivity (Wildman–Crippen MR) is 67.2 cm³/mol. The van der Waals surface area contributed by atoms with Crippen LogP contribution >= 0.6 is 27.5 Å². The summed E-state index contributed by atoms with van der Waals surface area (Å²) in [6.07, 6.45) is 0. The van der Waals surface area contributed by atoms with E-state index in [1.54, 1.807) is 0 Å². The van der Waals surface area contributed by atoms with Crippen LogP contribution in [0.4, 0.5) is 4.39 Å². The third-order valence-corrected chi connectivity index (χ3v) is 3.02. The molecular formula is C11H11BrClFO4. The summed E-state index contributed by atoms with van der Waals surface area (Å²) in [5, 5.41) is 9.66. The van der Waals surface area contributed by atoms with Crippen molar-refractivity contribution in [1.82, 2.24) is 0 Å². The molecule has 1 aromatic carbocycles. The number of carbonyl (C=O) groups is 1. The summed E-state index contributed by atoms with van der Waals surface area (Å²) in [6.45, 7) is 0.859. The van der Waals surface area contributed by atoms with Gasteiger partial charge in [-0.25, -0.2) is 9.18 Å². The van der Waals surface area contributed by atoms with Crippen LogP contribution < -0.4 is 4.74 Å². The first-order valence-corrected chi connectivity index (χ1v) is 6.03. The van der Waals surface area contributed by atoms with Crippen molar-refractivity contribution in [2.45, 2.75) is 12.5 Å². The Bertz CT molecular complexity index is 465. The SMILES string of the molecule is COC(=O)C(C)(O)COc1cc(F)c(Cl)cc1Br. The molecule has 0 aliphatic carbocycles. The van der Waals surface area contributed by atoms with Crippen molar-refractivity contribution in [3.05, 3.63) is 27.4 Å². The summed E-state index contributed by atoms with van der Waals surface area (Å²) in [5.41, 5.74) is -1.82. The minimum absolute atomic E-state index is 0.0612. The topological polar surface area (TPSA) is 55.8 Å². The van der Waals surface area contributed by atoms with E-state index in [4.69, 9.17) is 16.3 Å². The van der Waals surface area contributed by atoms with E-state index in [1.165, 1.54) is 13.0 Å². The number of rotatable bonds is 4. The fraction of sp³-hybridized carbons (Fsp3) is 0.364. The molecular weight excluding hydrogens is 330 g/mol. The maximum atomic E-state index is 13.2. The molecule has 1 atom stereocenters. The van der Waals surface area contributed by atoms with Crippen molar-refractivity contribution in [2.24, 2.45) is 0 Å². The van der Waals surface area contributed by atoms with E-state index in [1.807, 2.05) is 0 Å². The second-order valence-electron chi connectivity index (χ2n) is 3.75. The number of methoxy groups -OCH3 is 1. The van der Waals surface area contributed by atoms with Gasteiger partial charge in [0.2, 0.25) is 0 Å². The lowest BCUT2D eigenvalue weighted by molar-refractivity contribution is -0.163. The van der Waals surface area contributed by atoms with Crippen LogP contribution in [0.25, 0.3) is 0 Å². The highest BCUT2D eigenvalue weighted by Crippen LogP contribution is 2.31. The number of ether oxygens (including phenoxy) is 2. The van der Waals surface area contributed by atoms with Crippen LogP contribution in [-0.4, -0.2) is 30.4 Å². The summed E-state index contributed by atoms with van der Waals surface area (Å²) >= 11 is 8.69. The Hall–Kier alpha value is -0.850. The molecule has 0 fully saturated rings. The fourth-order valence-corrected chi connectivity index (χ4v) is 1.87. The Labute approximate surface area is 117 Å². The van der Waals surface area contributed by atoms with Crippen LogP contribution in [0.1, 0.15) is 6.92 Å². The van der Waals surface area contributed by atoms with E-state index in [9.17, 15) is 14.3 Å². The smallest absolute Gasteiger partial charge is 0.341 e. The first kappa shape index (κ1) is 15.2. The van der Waals surface area contributed by atoms with Crippen LogP contribution in [-0.2, 0) is 9.53 Å². The van der Waals surface area contributed by atoms with E-state index in [2.05, 4.69) is 20.7 Å². The molecule has 18 heavy (non-hydrogen) atoms. The van der Waals surface area contributed by atoms with Gasteiger partial charge in [0.1, 0.15) is 18.2 Å². The summed E-state index contributed by atoms with van der Waals surface area (Å²) in [6, 6.07) is 2.37. The molecule has 100 valence electrons. The van der Waals surface area contributed by atoms with Gasteiger partial charge in [0.05, 0.1) is 16.6 Å². The molecule has 0 aliphatic rings. The number of esters is 1. The largest absolute Gasteiger partial charge is 0.489 e. The average molecular weight is 342 g/mol. The molecule has 0 heterocycles. The highest BCUT2D eigenvalue weighted by molar-refractivity contribution is 9.10. The van der Waals surface area contributed by atoms with E-state index < -0.39 is 17.4 Å². The zero-order valence-electron chi connectivity index (χ0n) is 9.67. The Morgan fingerprint density at radius 1 is 1.61 bits per heavy atom. The molecule has 7 heteroatoms. The average Bonchev–Trinajstić information content (AvgIpc) is 2.31. The standard InChI is InChI=1S/C11H11BrClFO4/c1-11(16,10(15)17-2)5-18-9-4-8(14)7(13)3-6(9)12/h3-4,16H,5H2,1-2H3. The molecule has 0 amide bonds. The van der Waals surface area contributed by atoms with Crippen molar-refractivity contribution in [3.8, 4) is 5.75 Å². The molecule has 1 rings (SSSR count). The maximum Gasteiger partial charge on any atom is 0.341 e. The molecule has 1 unspecified atom stereocenters. The zero-order valence-corrected chi connectivity index (χ0v) is 12.0. The molecule has 0 bridgehead atoms. The monoisotopic (exact) mass is 340 g/mol. The maximum absolute atomic E-state index is 13.2. The van der Waals surface area contributed by atoms with E-state index in [-0.39, 0.29) is 17.4 Å². The van der Waals surface area contributed by atoms with Crippen LogP contribution in [0.3, 0.4) is 0 Å². The molecule has 0 radical (unpaired) electrons. The predicted octanol–water partition coefficient (Wildman–Crippen LogP) is 2.54. The summed E-state index contributed by atoms with van der Waals surface area (Å²) in [7, 11) is 1.15. The number of hydrogen-bond donors (Lipinski definition) is 1. The summed E-state index contributed by atoms with van der Waals surface area (Å²) < 4.78 is 23.2. The summed E-state index contributed by atoms with van der Waals surface area (Å²) in [4.78, 5) is 11.2. The number of aliphatic hydroxyl groups is 1. The second-order valence-corrected chi connectivity index (χ2v) is 5.01. The Balaban J connectivity index is 2.81. The molecule has 0 saturated heterocycles. The molecule has 0 aromatic heterocycles. The fourth-order valence-electron chi connectivity index (χ4n) is 1.11. The second kappa shape index (κ2) is 5.86. The lowest BCUT2D eigenvalue weighted by Crippen LogP contribution is -2.42. The molecule has 0 saturated carbocycles. The van der Waals surface area contributed by atoms with Crippen molar-refractivity contribution in [2.75, 3.05) is 13.7 Å². The van der Waals surface area contributed by atoms with Gasteiger partial charge in [-0.1, -0.05) is 11.6 Å². The minimum atomic E-state index is -1.82. The quantitative estimate of drug-likeness (QED) is 0.675. The number of halogens is 3. The molecule has 1 aromatic rings. The van der Waals surface area contributed by atoms with Crippen LogP contribution in [0, 0.1) is 5.82 Å². The van der Waals surface area contributed by atoms with Crippen molar-refractivity contribution in [3.63, 3.8) is 0 Å². The van der Waals surface area contributed by atoms with Crippen molar-refractivity contribution < 1.29 is 23.8 Å². The van der Waals surface area contributed by atoms with Gasteiger partial charge in [-0.05, 0) is 28.9 Å². The normalized spacial score (nSPS) is 13.9. The zero-order chi connectivity index (χ0) is 13.9. The molecule has 4 nitrogen and oxygen atoms in total. The van der Waals surface area contributed by atoms with Crippen LogP contribution in [0.2, 0.25) is 5.02 Å². The Morgan fingerprint density at radius 3 is 2.78 bits per heavy atom. The van der Waals surface area contributed by atoms with Crippen molar-refractivity contribution in [1.29, 1.82) is 0 Å². The van der Waals surface area contributed by atoms with E-state index >= 15 is 0 Å². The van der Waals surface area contributed by atoms with E-state index in [0.717, 1.165) is 13.2 Å². The third-order valence-electron chi connectivity index (χ3n) is 2.11. The van der Waals surface area contributed by atoms with Crippen molar-refractivity contribution >= 4 is 33.5 Å². The number of carbonyl (C=O) groups excluding carboxylic acids is 1. The van der Waals surface area contributed by atoms with Gasteiger partial charge in [-0.2, -0.15) is 0 Å². The van der Waals surface area contributed by atoms with E-state index in [0.29, 0.717) is 4.47 Å². The molecule has 0 aliphatic heterocycles. The van der Waals surface area contributed by atoms with Gasteiger partial charge >= 0.3 is 5.97 Å². The molecule has 0 spiro atoms. The lowest BCUT2D eigenvalue weighted by atomic mass is 10.1. The summed E-state index contributed by atoms with van der Waals surface area (Å²) in [5.74, 6) is -1.37. The number of hydrogen-bond acceptors (Lipinski definition) is 4. The minimum Gasteiger partial charge on any atom is -0.489 e. The van der Waals surface area contributed by atoms with Gasteiger partial charge in [0.25, 0.3) is 0 Å². The first-order chi connectivity index (χ1) is 8.27. The van der Waals surface area contributed by atoms with Gasteiger partial charge in [-0.3, -0.25) is 0 Å². The van der Waals surface area contributed by atoms with Crippen LogP contribution in [0.15, 0.2) is 16.6 Å². The first-order valence-electron chi connectivity index (χ1n) is 4.86. The van der Waals surface area contributed by atoms with Crippen LogP contribution in [0.5, 0.6) is 5.75 Å². The Kier molecular flexibility index (Phi) is 4.95. The van der Waals surface area contributed by atoms with Gasteiger partial charge in [-0.15, -0.1) is 0 Å². The highest BCUT2D eigenvalue weighted by Gasteiger charge is 2.32. The van der Waals surface area contributed by atoms with Gasteiger partial charge in [0.15, 0.2) is 5.60 Å². The lowest BCUT2D eigenvalue weighted by Gasteiger charge is -2.20. The molecule has 1 N–H and O–H groups in total. The van der Waals surface area contributed by atoms with Gasteiger partial charge in [0, 0.05) is 6.07 Å².